The van der Waals surface area contributed by atoms with Crippen molar-refractivity contribution in [3.63, 3.8) is 0 Å². The summed E-state index contributed by atoms with van der Waals surface area (Å²) in [6, 6.07) is 11.8. The molecule has 0 radical (unpaired) electrons. The van der Waals surface area contributed by atoms with Crippen LogP contribution in [-0.4, -0.2) is 69.4 Å². The molecule has 0 atom stereocenters. The van der Waals surface area contributed by atoms with Crippen molar-refractivity contribution in [1.82, 2.24) is 10.2 Å². The van der Waals surface area contributed by atoms with Crippen molar-refractivity contribution < 1.29 is 33.3 Å². The van der Waals surface area contributed by atoms with Gasteiger partial charge in [-0.05, 0) is 50.1 Å². The predicted octanol–water partition coefficient (Wildman–Crippen LogP) is 3.07. The number of likely N-dealkylation sites (tertiary alicyclic amines) is 1. The number of carbonyl (C=O) groups is 3. The van der Waals surface area contributed by atoms with E-state index in [4.69, 9.17) is 18.9 Å². The maximum atomic E-state index is 12.8. The SMILES string of the molecule is CCOC(=O)N1CCC(NC(=O)c2ccc(OCC(=O)Nc3ccccc3OC)c(OC)c2)CC1. The van der Waals surface area contributed by atoms with Crippen LogP contribution in [0.4, 0.5) is 10.5 Å². The highest BCUT2D eigenvalue weighted by Gasteiger charge is 2.25. The summed E-state index contributed by atoms with van der Waals surface area (Å²) in [5, 5.41) is 5.73. The second-order valence-corrected chi connectivity index (χ2v) is 7.84. The first-order valence-corrected chi connectivity index (χ1v) is 11.4. The molecule has 0 saturated carbocycles. The second-order valence-electron chi connectivity index (χ2n) is 7.84. The molecular weight excluding hydrogens is 454 g/mol. The number of piperidine rings is 1. The molecular formula is C25H31N3O7. The van der Waals surface area contributed by atoms with Gasteiger partial charge in [-0.15, -0.1) is 0 Å². The summed E-state index contributed by atoms with van der Waals surface area (Å²) >= 11 is 0. The number of carbonyl (C=O) groups excluding carboxylic acids is 3. The van der Waals surface area contributed by atoms with Crippen LogP contribution in [0.3, 0.4) is 0 Å². The number of hydrogen-bond acceptors (Lipinski definition) is 7. The van der Waals surface area contributed by atoms with Gasteiger partial charge in [0.1, 0.15) is 5.75 Å². The van der Waals surface area contributed by atoms with Gasteiger partial charge in [-0.2, -0.15) is 0 Å². The van der Waals surface area contributed by atoms with Crippen LogP contribution >= 0.6 is 0 Å². The lowest BCUT2D eigenvalue weighted by Crippen LogP contribution is -2.46. The van der Waals surface area contributed by atoms with Crippen LogP contribution in [0.2, 0.25) is 0 Å². The largest absolute Gasteiger partial charge is 0.495 e. The molecule has 10 nitrogen and oxygen atoms in total. The standard InChI is InChI=1S/C25H31N3O7/c1-4-34-25(31)28-13-11-18(12-14-28)26-24(30)17-9-10-21(22(15-17)33-3)35-16-23(29)27-19-7-5-6-8-20(19)32-2/h5-10,15,18H,4,11-14,16H2,1-3H3,(H,26,30)(H,27,29). The van der Waals surface area contributed by atoms with Crippen molar-refractivity contribution in [3.8, 4) is 17.2 Å². The Labute approximate surface area is 204 Å². The summed E-state index contributed by atoms with van der Waals surface area (Å²) in [5.41, 5.74) is 0.941. The average molecular weight is 486 g/mol. The molecule has 1 aliphatic rings. The van der Waals surface area contributed by atoms with Crippen LogP contribution in [0.25, 0.3) is 0 Å². The van der Waals surface area contributed by atoms with Gasteiger partial charge in [0.15, 0.2) is 18.1 Å². The third-order valence-corrected chi connectivity index (χ3v) is 5.52. The number of ether oxygens (including phenoxy) is 4. The summed E-state index contributed by atoms with van der Waals surface area (Å²) in [5.74, 6) is 0.591. The Morgan fingerprint density at radius 1 is 0.971 bits per heavy atom. The highest BCUT2D eigenvalue weighted by atomic mass is 16.6. The minimum absolute atomic E-state index is 0.0474. The lowest BCUT2D eigenvalue weighted by atomic mass is 10.0. The van der Waals surface area contributed by atoms with E-state index < -0.39 is 0 Å². The smallest absolute Gasteiger partial charge is 0.409 e. The van der Waals surface area contributed by atoms with Gasteiger partial charge in [0, 0.05) is 24.7 Å². The van der Waals surface area contributed by atoms with E-state index in [1.54, 1.807) is 54.3 Å². The summed E-state index contributed by atoms with van der Waals surface area (Å²) in [6.45, 7) is 2.91. The minimum atomic E-state index is -0.368. The third-order valence-electron chi connectivity index (χ3n) is 5.52. The Morgan fingerprint density at radius 2 is 1.69 bits per heavy atom. The van der Waals surface area contributed by atoms with Gasteiger partial charge in [0.2, 0.25) is 0 Å². The van der Waals surface area contributed by atoms with Gasteiger partial charge < -0.3 is 34.5 Å². The quantitative estimate of drug-likeness (QED) is 0.561. The number of methoxy groups -OCH3 is 2. The molecule has 3 amide bonds. The topological polar surface area (TPSA) is 115 Å². The number of rotatable bonds is 9. The Balaban J connectivity index is 1.53. The number of para-hydroxylation sites is 2. The molecule has 1 heterocycles. The molecule has 1 aliphatic heterocycles. The fourth-order valence-corrected chi connectivity index (χ4v) is 3.70. The normalized spacial score (nSPS) is 13.5. The molecule has 1 saturated heterocycles. The van der Waals surface area contributed by atoms with Crippen molar-refractivity contribution in [2.75, 3.05) is 45.8 Å². The molecule has 1 fully saturated rings. The number of anilines is 1. The molecule has 0 bridgehead atoms. The summed E-state index contributed by atoms with van der Waals surface area (Å²) in [7, 11) is 2.99. The minimum Gasteiger partial charge on any atom is -0.495 e. The van der Waals surface area contributed by atoms with Crippen LogP contribution in [-0.2, 0) is 9.53 Å². The van der Waals surface area contributed by atoms with Crippen molar-refractivity contribution in [2.45, 2.75) is 25.8 Å². The highest BCUT2D eigenvalue weighted by Crippen LogP contribution is 2.29. The van der Waals surface area contributed by atoms with E-state index in [2.05, 4.69) is 10.6 Å². The summed E-state index contributed by atoms with van der Waals surface area (Å²) in [6.07, 6.45) is 0.961. The molecule has 0 aromatic heterocycles. The van der Waals surface area contributed by atoms with Gasteiger partial charge in [-0.3, -0.25) is 9.59 Å². The van der Waals surface area contributed by atoms with E-state index in [0.717, 1.165) is 0 Å². The molecule has 188 valence electrons. The number of amides is 3. The fourth-order valence-electron chi connectivity index (χ4n) is 3.70. The predicted molar refractivity (Wildman–Crippen MR) is 129 cm³/mol. The zero-order valence-electron chi connectivity index (χ0n) is 20.2. The molecule has 35 heavy (non-hydrogen) atoms. The first-order chi connectivity index (χ1) is 16.9. The van der Waals surface area contributed by atoms with E-state index in [-0.39, 0.29) is 30.6 Å². The first kappa shape index (κ1) is 25.7. The van der Waals surface area contributed by atoms with Crippen LogP contribution in [0, 0.1) is 0 Å². The number of nitrogens with one attached hydrogen (secondary N) is 2. The van der Waals surface area contributed by atoms with E-state index in [9.17, 15) is 14.4 Å². The van der Waals surface area contributed by atoms with E-state index in [1.165, 1.54) is 14.2 Å². The molecule has 0 spiro atoms. The molecule has 0 unspecified atom stereocenters. The maximum Gasteiger partial charge on any atom is 0.409 e. The number of nitrogens with zero attached hydrogens (tertiary/aromatic N) is 1. The van der Waals surface area contributed by atoms with E-state index in [1.807, 2.05) is 0 Å². The number of hydrogen-bond donors (Lipinski definition) is 2. The van der Waals surface area contributed by atoms with Crippen LogP contribution in [0.1, 0.15) is 30.1 Å². The van der Waals surface area contributed by atoms with Crippen LogP contribution in [0.15, 0.2) is 42.5 Å². The number of benzene rings is 2. The van der Waals surface area contributed by atoms with Gasteiger partial charge >= 0.3 is 6.09 Å². The Morgan fingerprint density at radius 3 is 2.37 bits per heavy atom. The van der Waals surface area contributed by atoms with E-state index in [0.29, 0.717) is 61.0 Å². The van der Waals surface area contributed by atoms with Crippen molar-refractivity contribution in [1.29, 1.82) is 0 Å². The van der Waals surface area contributed by atoms with Gasteiger partial charge in [-0.1, -0.05) is 12.1 Å². The molecule has 2 aromatic rings. The second kappa shape index (κ2) is 12.5. The van der Waals surface area contributed by atoms with Crippen LogP contribution in [0.5, 0.6) is 17.2 Å². The molecule has 0 aliphatic carbocycles. The Hall–Kier alpha value is -3.95. The molecule has 2 N–H and O–H groups in total. The average Bonchev–Trinajstić information content (AvgIpc) is 2.88. The zero-order valence-corrected chi connectivity index (χ0v) is 20.2. The third kappa shape index (κ3) is 7.02. The summed E-state index contributed by atoms with van der Waals surface area (Å²) < 4.78 is 21.2. The molecule has 2 aromatic carbocycles. The fraction of sp³-hybridized carbons (Fsp3) is 0.400. The van der Waals surface area contributed by atoms with Crippen LogP contribution < -0.4 is 24.8 Å². The monoisotopic (exact) mass is 485 g/mol. The lowest BCUT2D eigenvalue weighted by Gasteiger charge is -2.31. The lowest BCUT2D eigenvalue weighted by molar-refractivity contribution is -0.118. The molecule has 10 heteroatoms. The van der Waals surface area contributed by atoms with Crippen molar-refractivity contribution in [2.24, 2.45) is 0 Å². The van der Waals surface area contributed by atoms with Gasteiger partial charge in [0.25, 0.3) is 11.8 Å². The first-order valence-electron chi connectivity index (χ1n) is 11.4. The van der Waals surface area contributed by atoms with Gasteiger partial charge in [-0.25, -0.2) is 4.79 Å². The van der Waals surface area contributed by atoms with Gasteiger partial charge in [0.05, 0.1) is 26.5 Å². The molecule has 3 rings (SSSR count). The van der Waals surface area contributed by atoms with Crippen molar-refractivity contribution >= 4 is 23.6 Å². The highest BCUT2D eigenvalue weighted by molar-refractivity contribution is 5.95. The van der Waals surface area contributed by atoms with E-state index >= 15 is 0 Å². The Kier molecular flexibility index (Phi) is 9.16. The zero-order chi connectivity index (χ0) is 25.2. The Bertz CT molecular complexity index is 1040. The summed E-state index contributed by atoms with van der Waals surface area (Å²) in [4.78, 5) is 38.5. The van der Waals surface area contributed by atoms with Crippen molar-refractivity contribution in [3.05, 3.63) is 48.0 Å². The maximum absolute atomic E-state index is 12.8.